The number of amides is 1. The Morgan fingerprint density at radius 2 is 2.44 bits per heavy atom. The first kappa shape index (κ1) is 11.1. The van der Waals surface area contributed by atoms with Gasteiger partial charge in [0.25, 0.3) is 0 Å². The summed E-state index contributed by atoms with van der Waals surface area (Å²) in [7, 11) is 0. The molecule has 1 atom stereocenters. The van der Waals surface area contributed by atoms with E-state index in [0.29, 0.717) is 12.3 Å². The van der Waals surface area contributed by atoms with E-state index < -0.39 is 0 Å². The van der Waals surface area contributed by atoms with Gasteiger partial charge in [-0.15, -0.1) is 5.10 Å². The number of nitrogens with zero attached hydrogens (tertiary/aromatic N) is 2. The zero-order valence-corrected chi connectivity index (χ0v) is 9.23. The highest BCUT2D eigenvalue weighted by atomic mass is 16.5. The summed E-state index contributed by atoms with van der Waals surface area (Å²) in [4.78, 5) is 11.3. The van der Waals surface area contributed by atoms with Crippen molar-refractivity contribution in [3.05, 3.63) is 5.89 Å². The summed E-state index contributed by atoms with van der Waals surface area (Å²) in [6.07, 6.45) is 3.04. The molecular weight excluding hydrogens is 210 g/mol. The second-order valence-corrected chi connectivity index (χ2v) is 3.75. The van der Waals surface area contributed by atoms with Gasteiger partial charge in [0.2, 0.25) is 11.8 Å². The predicted molar refractivity (Wildman–Crippen MR) is 55.8 cm³/mol. The number of nitrogens with one attached hydrogen (secondary N) is 1. The maximum absolute atomic E-state index is 11.3. The third-order valence-electron chi connectivity index (χ3n) is 2.37. The van der Waals surface area contributed by atoms with Crippen molar-refractivity contribution >= 4 is 11.9 Å². The molecule has 1 unspecified atom stereocenters. The lowest BCUT2D eigenvalue weighted by Gasteiger charge is -2.01. The van der Waals surface area contributed by atoms with Crippen molar-refractivity contribution in [2.45, 2.75) is 38.7 Å². The van der Waals surface area contributed by atoms with Gasteiger partial charge in [-0.3, -0.25) is 10.1 Å². The number of carbonyl (C=O) groups is 1. The van der Waals surface area contributed by atoms with Crippen molar-refractivity contribution in [3.8, 4) is 0 Å². The van der Waals surface area contributed by atoms with Gasteiger partial charge in [-0.25, -0.2) is 0 Å². The zero-order valence-electron chi connectivity index (χ0n) is 9.23. The third-order valence-corrected chi connectivity index (χ3v) is 2.37. The van der Waals surface area contributed by atoms with E-state index >= 15 is 0 Å². The van der Waals surface area contributed by atoms with E-state index in [1.165, 1.54) is 0 Å². The van der Waals surface area contributed by atoms with Crippen LogP contribution in [0.25, 0.3) is 0 Å². The molecule has 0 bridgehead atoms. The summed E-state index contributed by atoms with van der Waals surface area (Å²) in [5, 5.41) is 10.2. The van der Waals surface area contributed by atoms with Crippen LogP contribution in [0, 0.1) is 0 Å². The van der Waals surface area contributed by atoms with E-state index in [9.17, 15) is 4.79 Å². The highest BCUT2D eigenvalue weighted by molar-refractivity contribution is 5.88. The van der Waals surface area contributed by atoms with E-state index in [4.69, 9.17) is 9.15 Å². The maximum atomic E-state index is 11.3. The summed E-state index contributed by atoms with van der Waals surface area (Å²) in [5.74, 6) is 0.342. The summed E-state index contributed by atoms with van der Waals surface area (Å²) in [6, 6.07) is 0.156. The van der Waals surface area contributed by atoms with E-state index in [0.717, 1.165) is 25.9 Å². The van der Waals surface area contributed by atoms with Crippen LogP contribution in [0.3, 0.4) is 0 Å². The molecule has 16 heavy (non-hydrogen) atoms. The van der Waals surface area contributed by atoms with Gasteiger partial charge in [0.15, 0.2) is 0 Å². The number of anilines is 1. The number of aromatic nitrogens is 2. The summed E-state index contributed by atoms with van der Waals surface area (Å²) in [5.41, 5.74) is 0. The van der Waals surface area contributed by atoms with Gasteiger partial charge < -0.3 is 9.15 Å². The molecule has 6 nitrogen and oxygen atoms in total. The minimum Gasteiger partial charge on any atom is -0.405 e. The van der Waals surface area contributed by atoms with Crippen LogP contribution in [0.1, 0.15) is 44.6 Å². The second-order valence-electron chi connectivity index (χ2n) is 3.75. The Balaban J connectivity index is 1.93. The lowest BCUT2D eigenvalue weighted by molar-refractivity contribution is -0.116. The van der Waals surface area contributed by atoms with Crippen molar-refractivity contribution in [2.75, 3.05) is 11.9 Å². The van der Waals surface area contributed by atoms with Crippen LogP contribution < -0.4 is 5.32 Å². The fourth-order valence-corrected chi connectivity index (χ4v) is 1.60. The Morgan fingerprint density at radius 3 is 3.12 bits per heavy atom. The molecule has 0 aliphatic carbocycles. The first-order valence-corrected chi connectivity index (χ1v) is 5.54. The van der Waals surface area contributed by atoms with Crippen LogP contribution in [0.15, 0.2) is 4.42 Å². The fraction of sp³-hybridized carbons (Fsp3) is 0.700. The number of ether oxygens (including phenoxy) is 1. The molecule has 1 aliphatic heterocycles. The van der Waals surface area contributed by atoms with Gasteiger partial charge in [0.1, 0.15) is 6.10 Å². The van der Waals surface area contributed by atoms with Gasteiger partial charge in [0, 0.05) is 13.0 Å². The summed E-state index contributed by atoms with van der Waals surface area (Å²) < 4.78 is 10.7. The van der Waals surface area contributed by atoms with Gasteiger partial charge >= 0.3 is 6.01 Å². The van der Waals surface area contributed by atoms with Crippen LogP contribution in [0.5, 0.6) is 0 Å². The van der Waals surface area contributed by atoms with Crippen molar-refractivity contribution in [2.24, 2.45) is 0 Å². The van der Waals surface area contributed by atoms with Crippen LogP contribution in [-0.4, -0.2) is 22.7 Å². The quantitative estimate of drug-likeness (QED) is 0.843. The van der Waals surface area contributed by atoms with Crippen LogP contribution >= 0.6 is 0 Å². The molecule has 6 heteroatoms. The lowest BCUT2D eigenvalue weighted by atomic mass is 10.2. The molecule has 2 heterocycles. The zero-order chi connectivity index (χ0) is 11.4. The molecule has 88 valence electrons. The Hall–Kier alpha value is -1.43. The molecule has 1 N–H and O–H groups in total. The molecule has 1 amide bonds. The van der Waals surface area contributed by atoms with E-state index in [2.05, 4.69) is 15.5 Å². The average Bonchev–Trinajstić information content (AvgIpc) is 2.86. The highest BCUT2D eigenvalue weighted by Gasteiger charge is 2.23. The largest absolute Gasteiger partial charge is 0.405 e. The number of rotatable bonds is 4. The van der Waals surface area contributed by atoms with Crippen LogP contribution in [-0.2, 0) is 9.53 Å². The topological polar surface area (TPSA) is 77.2 Å². The molecular formula is C10H15N3O3. The van der Waals surface area contributed by atoms with Gasteiger partial charge in [-0.2, -0.15) is 0 Å². The minimum absolute atomic E-state index is 0.106. The van der Waals surface area contributed by atoms with Crippen molar-refractivity contribution < 1.29 is 13.9 Å². The number of hydrogen-bond acceptors (Lipinski definition) is 5. The third kappa shape index (κ3) is 2.57. The van der Waals surface area contributed by atoms with Gasteiger partial charge in [-0.05, 0) is 19.3 Å². The molecule has 0 radical (unpaired) electrons. The molecule has 1 aliphatic rings. The smallest absolute Gasteiger partial charge is 0.322 e. The molecule has 1 fully saturated rings. The van der Waals surface area contributed by atoms with Gasteiger partial charge in [0.05, 0.1) is 0 Å². The van der Waals surface area contributed by atoms with Crippen LogP contribution in [0.4, 0.5) is 6.01 Å². The van der Waals surface area contributed by atoms with E-state index in [1.54, 1.807) is 0 Å². The molecule has 0 aromatic carbocycles. The molecule has 1 aromatic rings. The number of hydrogen-bond donors (Lipinski definition) is 1. The number of carbonyl (C=O) groups excluding carboxylic acids is 1. The Morgan fingerprint density at radius 1 is 1.56 bits per heavy atom. The molecule has 0 spiro atoms. The van der Waals surface area contributed by atoms with Crippen LogP contribution in [0.2, 0.25) is 0 Å². The van der Waals surface area contributed by atoms with Gasteiger partial charge in [-0.1, -0.05) is 12.0 Å². The molecule has 2 rings (SSSR count). The molecule has 1 saturated heterocycles. The lowest BCUT2D eigenvalue weighted by Crippen LogP contribution is -2.10. The monoisotopic (exact) mass is 225 g/mol. The molecule has 1 aromatic heterocycles. The maximum Gasteiger partial charge on any atom is 0.322 e. The first-order chi connectivity index (χ1) is 7.79. The highest BCUT2D eigenvalue weighted by Crippen LogP contribution is 2.27. The van der Waals surface area contributed by atoms with E-state index in [1.807, 2.05) is 6.92 Å². The van der Waals surface area contributed by atoms with E-state index in [-0.39, 0.29) is 18.0 Å². The SMILES string of the molecule is CCCC(=O)Nc1nnc(C2CCCO2)o1. The summed E-state index contributed by atoms with van der Waals surface area (Å²) in [6.45, 7) is 2.66. The Bertz CT molecular complexity index is 358. The average molecular weight is 225 g/mol. The van der Waals surface area contributed by atoms with Crippen molar-refractivity contribution in [1.29, 1.82) is 0 Å². The Labute approximate surface area is 93.4 Å². The molecule has 0 saturated carbocycles. The van der Waals surface area contributed by atoms with Crippen molar-refractivity contribution in [1.82, 2.24) is 10.2 Å². The normalized spacial score (nSPS) is 19.9. The van der Waals surface area contributed by atoms with Crippen molar-refractivity contribution in [3.63, 3.8) is 0 Å². The Kier molecular flexibility index (Phi) is 3.51. The first-order valence-electron chi connectivity index (χ1n) is 5.54. The summed E-state index contributed by atoms with van der Waals surface area (Å²) >= 11 is 0. The standard InChI is InChI=1S/C10H15N3O3/c1-2-4-8(14)11-10-13-12-9(16-10)7-5-3-6-15-7/h7H,2-6H2,1H3,(H,11,13,14). The fourth-order valence-electron chi connectivity index (χ4n) is 1.60. The minimum atomic E-state index is -0.107. The second kappa shape index (κ2) is 5.07. The predicted octanol–water partition coefficient (Wildman–Crippen LogP) is 1.66.